The van der Waals surface area contributed by atoms with Gasteiger partial charge in [0.05, 0.1) is 5.41 Å². The Morgan fingerprint density at radius 1 is 1.67 bits per heavy atom. The lowest BCUT2D eigenvalue weighted by Crippen LogP contribution is -2.29. The lowest BCUT2D eigenvalue weighted by atomic mass is 9.84. The van der Waals surface area contributed by atoms with Gasteiger partial charge in [0, 0.05) is 11.3 Å². The van der Waals surface area contributed by atoms with Crippen LogP contribution in [0.2, 0.25) is 0 Å². The molecule has 0 heterocycles. The number of hydrogen-bond acceptors (Lipinski definition) is 3. The van der Waals surface area contributed by atoms with Crippen LogP contribution in [-0.4, -0.2) is 22.5 Å². The molecule has 1 atom stereocenters. The minimum atomic E-state index is -0.966. The second kappa shape index (κ2) is 4.04. The highest BCUT2D eigenvalue weighted by molar-refractivity contribution is 5.73. The number of carboxylic acids is 1. The Morgan fingerprint density at radius 2 is 2.17 bits per heavy atom. The molecular formula is C7H13NO4. The average molecular weight is 175 g/mol. The Labute approximate surface area is 70.5 Å². The quantitative estimate of drug-likeness (QED) is 0.502. The summed E-state index contributed by atoms with van der Waals surface area (Å²) in [6, 6.07) is 0. The second-order valence-electron chi connectivity index (χ2n) is 3.03. The van der Waals surface area contributed by atoms with Crippen LogP contribution in [0, 0.1) is 15.5 Å². The lowest BCUT2D eigenvalue weighted by molar-refractivity contribution is -0.482. The van der Waals surface area contributed by atoms with Crippen LogP contribution < -0.4 is 0 Å². The van der Waals surface area contributed by atoms with Crippen molar-refractivity contribution >= 4 is 5.97 Å². The Hall–Kier alpha value is -1.13. The van der Waals surface area contributed by atoms with Gasteiger partial charge in [-0.15, -0.1) is 0 Å². The summed E-state index contributed by atoms with van der Waals surface area (Å²) in [4.78, 5) is 20.2. The molecule has 0 aromatic rings. The maximum atomic E-state index is 10.6. The molecule has 0 radical (unpaired) electrons. The molecule has 1 unspecified atom stereocenters. The molecule has 0 aromatic carbocycles. The summed E-state index contributed by atoms with van der Waals surface area (Å²) >= 11 is 0. The fourth-order valence-corrected chi connectivity index (χ4v) is 0.773. The first-order valence-electron chi connectivity index (χ1n) is 3.77. The largest absolute Gasteiger partial charge is 0.481 e. The van der Waals surface area contributed by atoms with Crippen LogP contribution in [0.25, 0.3) is 0 Å². The van der Waals surface area contributed by atoms with Crippen molar-refractivity contribution in [3.8, 4) is 0 Å². The van der Waals surface area contributed by atoms with Crippen LogP contribution in [0.1, 0.15) is 26.7 Å². The molecule has 0 saturated carbocycles. The first-order chi connectivity index (χ1) is 5.42. The lowest BCUT2D eigenvalue weighted by Gasteiger charge is -2.20. The summed E-state index contributed by atoms with van der Waals surface area (Å²) in [6.07, 6.45) is 0.502. The smallest absolute Gasteiger partial charge is 0.309 e. The van der Waals surface area contributed by atoms with Gasteiger partial charge in [0.25, 0.3) is 0 Å². The first kappa shape index (κ1) is 10.9. The summed E-state index contributed by atoms with van der Waals surface area (Å²) < 4.78 is 0. The molecule has 5 heteroatoms. The van der Waals surface area contributed by atoms with Crippen LogP contribution in [0.5, 0.6) is 0 Å². The van der Waals surface area contributed by atoms with Crippen molar-refractivity contribution in [1.82, 2.24) is 0 Å². The van der Waals surface area contributed by atoms with E-state index in [9.17, 15) is 14.9 Å². The number of nitrogens with zero attached hydrogens (tertiary/aromatic N) is 1. The highest BCUT2D eigenvalue weighted by atomic mass is 16.6. The molecule has 0 rings (SSSR count). The van der Waals surface area contributed by atoms with Crippen LogP contribution in [0.15, 0.2) is 0 Å². The van der Waals surface area contributed by atoms with Crippen molar-refractivity contribution < 1.29 is 14.8 Å². The molecule has 0 aliphatic rings. The van der Waals surface area contributed by atoms with Crippen LogP contribution in [0.4, 0.5) is 0 Å². The van der Waals surface area contributed by atoms with Crippen molar-refractivity contribution in [1.29, 1.82) is 0 Å². The molecule has 0 amide bonds. The predicted octanol–water partition coefficient (Wildman–Crippen LogP) is 1.15. The van der Waals surface area contributed by atoms with Gasteiger partial charge in [-0.2, -0.15) is 0 Å². The number of nitro groups is 1. The van der Waals surface area contributed by atoms with E-state index in [0.717, 1.165) is 0 Å². The number of carboxylic acid groups (broad SMARTS) is 1. The standard InChI is InChI=1S/C7H13NO4/c1-3-7(2,6(9)10)4-5-8(11)12/h3-5H2,1-2H3,(H,9,10). The Balaban J connectivity index is 4.15. The normalized spacial score (nSPS) is 15.2. The van der Waals surface area contributed by atoms with E-state index >= 15 is 0 Å². The van der Waals surface area contributed by atoms with Gasteiger partial charge < -0.3 is 5.11 Å². The zero-order chi connectivity index (χ0) is 9.78. The van der Waals surface area contributed by atoms with Gasteiger partial charge in [0.15, 0.2) is 0 Å². The summed E-state index contributed by atoms with van der Waals surface area (Å²) in [6.45, 7) is 2.96. The SMILES string of the molecule is CCC(C)(CC[N+](=O)[O-])C(=O)O. The highest BCUT2D eigenvalue weighted by Crippen LogP contribution is 2.25. The summed E-state index contributed by atoms with van der Waals surface area (Å²) in [7, 11) is 0. The summed E-state index contributed by atoms with van der Waals surface area (Å²) in [5.41, 5.74) is -0.951. The van der Waals surface area contributed by atoms with Crippen molar-refractivity contribution in [2.75, 3.05) is 6.54 Å². The number of hydrogen-bond donors (Lipinski definition) is 1. The van der Waals surface area contributed by atoms with Crippen molar-refractivity contribution in [2.24, 2.45) is 5.41 Å². The third kappa shape index (κ3) is 2.86. The van der Waals surface area contributed by atoms with E-state index in [1.54, 1.807) is 6.92 Å². The Kier molecular flexibility index (Phi) is 3.66. The average Bonchev–Trinajstić information content (AvgIpc) is 1.99. The van der Waals surface area contributed by atoms with E-state index in [1.807, 2.05) is 0 Å². The van der Waals surface area contributed by atoms with Gasteiger partial charge in [-0.05, 0) is 13.3 Å². The minimum Gasteiger partial charge on any atom is -0.481 e. The third-order valence-electron chi connectivity index (χ3n) is 2.14. The molecule has 12 heavy (non-hydrogen) atoms. The zero-order valence-corrected chi connectivity index (χ0v) is 7.24. The molecule has 0 aromatic heterocycles. The fraction of sp³-hybridized carbons (Fsp3) is 0.857. The van der Waals surface area contributed by atoms with Gasteiger partial charge >= 0.3 is 5.97 Å². The topological polar surface area (TPSA) is 80.4 Å². The number of carbonyl (C=O) groups is 1. The second-order valence-corrected chi connectivity index (χ2v) is 3.03. The molecule has 0 spiro atoms. The maximum absolute atomic E-state index is 10.6. The van der Waals surface area contributed by atoms with E-state index in [-0.39, 0.29) is 13.0 Å². The van der Waals surface area contributed by atoms with E-state index in [1.165, 1.54) is 6.92 Å². The molecule has 0 fully saturated rings. The molecule has 5 nitrogen and oxygen atoms in total. The Bertz CT molecular complexity index is 192. The van der Waals surface area contributed by atoms with Gasteiger partial charge in [0.1, 0.15) is 0 Å². The van der Waals surface area contributed by atoms with E-state index < -0.39 is 16.3 Å². The third-order valence-corrected chi connectivity index (χ3v) is 2.14. The number of aliphatic carboxylic acids is 1. The van der Waals surface area contributed by atoms with Crippen molar-refractivity contribution in [3.63, 3.8) is 0 Å². The van der Waals surface area contributed by atoms with Gasteiger partial charge in [-0.3, -0.25) is 14.9 Å². The first-order valence-corrected chi connectivity index (χ1v) is 3.77. The van der Waals surface area contributed by atoms with Gasteiger partial charge in [0.2, 0.25) is 6.54 Å². The molecule has 1 N–H and O–H groups in total. The van der Waals surface area contributed by atoms with Crippen LogP contribution in [-0.2, 0) is 4.79 Å². The van der Waals surface area contributed by atoms with E-state index in [4.69, 9.17) is 5.11 Å². The monoisotopic (exact) mass is 175 g/mol. The molecule has 0 bridgehead atoms. The number of rotatable bonds is 5. The molecular weight excluding hydrogens is 162 g/mol. The van der Waals surface area contributed by atoms with Gasteiger partial charge in [-0.25, -0.2) is 0 Å². The van der Waals surface area contributed by atoms with Crippen molar-refractivity contribution in [2.45, 2.75) is 26.7 Å². The Morgan fingerprint density at radius 3 is 2.42 bits per heavy atom. The van der Waals surface area contributed by atoms with Crippen LogP contribution in [0.3, 0.4) is 0 Å². The molecule has 0 saturated heterocycles. The highest BCUT2D eigenvalue weighted by Gasteiger charge is 2.32. The zero-order valence-electron chi connectivity index (χ0n) is 7.24. The predicted molar refractivity (Wildman–Crippen MR) is 42.5 cm³/mol. The molecule has 0 aliphatic heterocycles. The fourth-order valence-electron chi connectivity index (χ4n) is 0.773. The van der Waals surface area contributed by atoms with E-state index in [2.05, 4.69) is 0 Å². The van der Waals surface area contributed by atoms with Crippen molar-refractivity contribution in [3.05, 3.63) is 10.1 Å². The minimum absolute atomic E-state index is 0.0891. The maximum Gasteiger partial charge on any atom is 0.309 e. The molecule has 0 aliphatic carbocycles. The summed E-state index contributed by atoms with van der Waals surface area (Å²) in [5.74, 6) is -0.966. The van der Waals surface area contributed by atoms with Crippen LogP contribution >= 0.6 is 0 Å². The molecule has 70 valence electrons. The van der Waals surface area contributed by atoms with Gasteiger partial charge in [-0.1, -0.05) is 6.92 Å². The van der Waals surface area contributed by atoms with E-state index in [0.29, 0.717) is 6.42 Å². The summed E-state index contributed by atoms with van der Waals surface area (Å²) in [5, 5.41) is 18.7.